The van der Waals surface area contributed by atoms with Crippen molar-refractivity contribution >= 4 is 34.6 Å². The van der Waals surface area contributed by atoms with E-state index in [-0.39, 0.29) is 23.0 Å². The maximum absolute atomic E-state index is 12.0. The fourth-order valence-electron chi connectivity index (χ4n) is 2.73. The van der Waals surface area contributed by atoms with Gasteiger partial charge in [-0.25, -0.2) is 4.79 Å². The summed E-state index contributed by atoms with van der Waals surface area (Å²) in [7, 11) is 0. The molecule has 0 aliphatic carbocycles. The fraction of sp³-hybridized carbons (Fsp3) is 0.353. The summed E-state index contributed by atoms with van der Waals surface area (Å²) < 4.78 is 5.25. The Hall–Kier alpha value is -2.28. The van der Waals surface area contributed by atoms with E-state index < -0.39 is 6.09 Å². The van der Waals surface area contributed by atoms with Gasteiger partial charge in [-0.15, -0.1) is 0 Å². The van der Waals surface area contributed by atoms with Crippen LogP contribution in [0.15, 0.2) is 35.7 Å². The highest BCUT2D eigenvalue weighted by atomic mass is 32.2. The lowest BCUT2D eigenvalue weighted by molar-refractivity contribution is -0.119. The number of amides is 2. The molecular formula is C17H18N2O4S. The van der Waals surface area contributed by atoms with Gasteiger partial charge in [0.2, 0.25) is 5.91 Å². The van der Waals surface area contributed by atoms with Gasteiger partial charge in [-0.3, -0.25) is 14.5 Å². The molecule has 1 aromatic rings. The number of hydrogen-bond acceptors (Lipinski definition) is 5. The van der Waals surface area contributed by atoms with Crippen molar-refractivity contribution in [3.8, 4) is 0 Å². The van der Waals surface area contributed by atoms with Crippen molar-refractivity contribution in [1.29, 1.82) is 0 Å². The third-order valence-corrected chi connectivity index (χ3v) is 4.71. The molecule has 2 aliphatic rings. The predicted octanol–water partition coefficient (Wildman–Crippen LogP) is 2.41. The van der Waals surface area contributed by atoms with Crippen LogP contribution in [-0.2, 0) is 14.3 Å². The predicted molar refractivity (Wildman–Crippen MR) is 91.8 cm³/mol. The van der Waals surface area contributed by atoms with Gasteiger partial charge >= 0.3 is 6.09 Å². The number of thioether (sulfide) groups is 1. The fourth-order valence-corrected chi connectivity index (χ4v) is 3.43. The first-order valence-corrected chi connectivity index (χ1v) is 8.59. The van der Waals surface area contributed by atoms with Crippen LogP contribution in [0.4, 0.5) is 10.5 Å². The van der Waals surface area contributed by atoms with Gasteiger partial charge in [-0.05, 0) is 23.1 Å². The molecule has 1 fully saturated rings. The molecule has 0 aromatic heterocycles. The molecule has 1 unspecified atom stereocenters. The Morgan fingerprint density at radius 3 is 2.75 bits per heavy atom. The molecular weight excluding hydrogens is 328 g/mol. The molecule has 2 aliphatic heterocycles. The third-order valence-electron chi connectivity index (χ3n) is 3.98. The summed E-state index contributed by atoms with van der Waals surface area (Å²) in [4.78, 5) is 36.0. The minimum absolute atomic E-state index is 0.0887. The van der Waals surface area contributed by atoms with Crippen LogP contribution >= 0.6 is 11.8 Å². The van der Waals surface area contributed by atoms with Gasteiger partial charge in [-0.2, -0.15) is 0 Å². The van der Waals surface area contributed by atoms with Gasteiger partial charge in [0.15, 0.2) is 5.12 Å². The van der Waals surface area contributed by atoms with E-state index in [0.717, 1.165) is 11.3 Å². The van der Waals surface area contributed by atoms with Crippen molar-refractivity contribution in [2.75, 3.05) is 18.0 Å². The van der Waals surface area contributed by atoms with Crippen LogP contribution in [0.3, 0.4) is 0 Å². The summed E-state index contributed by atoms with van der Waals surface area (Å²) >= 11 is 1.23. The number of anilines is 1. The molecule has 3 rings (SSSR count). The molecule has 7 heteroatoms. The van der Waals surface area contributed by atoms with Crippen molar-refractivity contribution in [3.05, 3.63) is 41.3 Å². The normalized spacial score (nSPS) is 23.3. The molecule has 0 bridgehead atoms. The minimum Gasteiger partial charge on any atom is -0.442 e. The van der Waals surface area contributed by atoms with Crippen molar-refractivity contribution in [1.82, 2.24) is 5.32 Å². The Labute approximate surface area is 144 Å². The molecule has 1 saturated heterocycles. The molecule has 126 valence electrons. The van der Waals surface area contributed by atoms with E-state index in [1.165, 1.54) is 18.7 Å². The summed E-state index contributed by atoms with van der Waals surface area (Å²) in [5, 5.41) is 4.64. The highest BCUT2D eigenvalue weighted by Gasteiger charge is 2.32. The van der Waals surface area contributed by atoms with Crippen LogP contribution in [0.25, 0.3) is 0 Å². The number of carbonyl (C=O) groups is 3. The quantitative estimate of drug-likeness (QED) is 0.906. The van der Waals surface area contributed by atoms with Gasteiger partial charge in [0.1, 0.15) is 6.10 Å². The lowest BCUT2D eigenvalue weighted by Gasteiger charge is -2.17. The molecule has 2 heterocycles. The van der Waals surface area contributed by atoms with Gasteiger partial charge in [0, 0.05) is 24.9 Å². The Balaban J connectivity index is 1.66. The topological polar surface area (TPSA) is 75.7 Å². The molecule has 1 N–H and O–H groups in total. The standard InChI is InChI=1S/C17H18N2O4S/c1-11(20)18-9-15-10-19(17(22)23-15)14-4-2-12(3-5-14)13-6-7-24-16(21)8-13/h2-7,13,15H,8-10H2,1H3,(H,18,20)/t13?,15-/m0/s1. The second-order valence-electron chi connectivity index (χ2n) is 5.77. The summed E-state index contributed by atoms with van der Waals surface area (Å²) in [6, 6.07) is 7.58. The average Bonchev–Trinajstić information content (AvgIpc) is 2.94. The van der Waals surface area contributed by atoms with Gasteiger partial charge in [-0.1, -0.05) is 30.0 Å². The summed E-state index contributed by atoms with van der Waals surface area (Å²) in [5.41, 5.74) is 1.79. The molecule has 2 atom stereocenters. The number of rotatable bonds is 4. The molecule has 1 aromatic carbocycles. The lowest BCUT2D eigenvalue weighted by atomic mass is 9.96. The second-order valence-corrected chi connectivity index (χ2v) is 6.74. The smallest absolute Gasteiger partial charge is 0.414 e. The van der Waals surface area contributed by atoms with E-state index in [1.807, 2.05) is 35.7 Å². The maximum Gasteiger partial charge on any atom is 0.414 e. The molecule has 0 radical (unpaired) electrons. The third kappa shape index (κ3) is 3.79. The van der Waals surface area contributed by atoms with Crippen molar-refractivity contribution in [2.45, 2.75) is 25.4 Å². The number of hydrogen-bond donors (Lipinski definition) is 1. The maximum atomic E-state index is 12.0. The van der Waals surface area contributed by atoms with Crippen molar-refractivity contribution in [3.63, 3.8) is 0 Å². The van der Waals surface area contributed by atoms with E-state index in [0.29, 0.717) is 19.5 Å². The number of benzene rings is 1. The van der Waals surface area contributed by atoms with Crippen molar-refractivity contribution < 1.29 is 19.1 Å². The van der Waals surface area contributed by atoms with Crippen LogP contribution in [-0.4, -0.2) is 36.3 Å². The van der Waals surface area contributed by atoms with Gasteiger partial charge in [0.05, 0.1) is 13.1 Å². The SMILES string of the molecule is CC(=O)NC[C@H]1CN(c2ccc(C3C=CSC(=O)C3)cc2)C(=O)O1. The largest absolute Gasteiger partial charge is 0.442 e. The van der Waals surface area contributed by atoms with Crippen LogP contribution in [0, 0.1) is 0 Å². The van der Waals surface area contributed by atoms with Crippen LogP contribution < -0.4 is 10.2 Å². The van der Waals surface area contributed by atoms with E-state index in [9.17, 15) is 14.4 Å². The summed E-state index contributed by atoms with van der Waals surface area (Å²) in [6.45, 7) is 2.13. The van der Waals surface area contributed by atoms with E-state index in [4.69, 9.17) is 4.74 Å². The van der Waals surface area contributed by atoms with Gasteiger partial charge < -0.3 is 10.1 Å². The average molecular weight is 346 g/mol. The molecule has 0 spiro atoms. The number of nitrogens with zero attached hydrogens (tertiary/aromatic N) is 1. The highest BCUT2D eigenvalue weighted by molar-refractivity contribution is 8.16. The summed E-state index contributed by atoms with van der Waals surface area (Å²) in [6.07, 6.45) is 1.75. The van der Waals surface area contributed by atoms with E-state index in [2.05, 4.69) is 5.32 Å². The minimum atomic E-state index is -0.415. The molecule has 0 saturated carbocycles. The number of nitrogens with one attached hydrogen (secondary N) is 1. The number of ether oxygens (including phenoxy) is 1. The van der Waals surface area contributed by atoms with E-state index in [1.54, 1.807) is 4.90 Å². The Morgan fingerprint density at radius 2 is 2.08 bits per heavy atom. The number of allylic oxidation sites excluding steroid dienone is 1. The zero-order valence-electron chi connectivity index (χ0n) is 13.2. The van der Waals surface area contributed by atoms with Crippen LogP contribution in [0.2, 0.25) is 0 Å². The zero-order chi connectivity index (χ0) is 17.1. The second kappa shape index (κ2) is 7.09. The molecule has 2 amide bonds. The van der Waals surface area contributed by atoms with Crippen LogP contribution in [0.5, 0.6) is 0 Å². The van der Waals surface area contributed by atoms with Gasteiger partial charge in [0.25, 0.3) is 0 Å². The first-order chi connectivity index (χ1) is 11.5. The Kier molecular flexibility index (Phi) is 4.89. The zero-order valence-corrected chi connectivity index (χ0v) is 14.0. The van der Waals surface area contributed by atoms with E-state index >= 15 is 0 Å². The Bertz CT molecular complexity index is 686. The molecule has 6 nitrogen and oxygen atoms in total. The first-order valence-electron chi connectivity index (χ1n) is 7.71. The highest BCUT2D eigenvalue weighted by Crippen LogP contribution is 2.31. The number of cyclic esters (lactones) is 1. The monoisotopic (exact) mass is 346 g/mol. The lowest BCUT2D eigenvalue weighted by Crippen LogP contribution is -2.33. The van der Waals surface area contributed by atoms with Crippen LogP contribution in [0.1, 0.15) is 24.8 Å². The van der Waals surface area contributed by atoms with Crippen molar-refractivity contribution in [2.24, 2.45) is 0 Å². The first kappa shape index (κ1) is 16.6. The molecule has 24 heavy (non-hydrogen) atoms. The Morgan fingerprint density at radius 1 is 1.33 bits per heavy atom. The summed E-state index contributed by atoms with van der Waals surface area (Å²) in [5.74, 6) is -0.0621. The number of carbonyl (C=O) groups excluding carboxylic acids is 3.